The molecular formula is C20H23N5OS. The van der Waals surface area contributed by atoms with Crippen LogP contribution in [0.5, 0.6) is 0 Å². The summed E-state index contributed by atoms with van der Waals surface area (Å²) in [6.07, 6.45) is 3.30. The van der Waals surface area contributed by atoms with Gasteiger partial charge < -0.3 is 9.88 Å². The molecule has 27 heavy (non-hydrogen) atoms. The number of nitrogens with one attached hydrogen (secondary N) is 1. The van der Waals surface area contributed by atoms with Crippen molar-refractivity contribution in [3.63, 3.8) is 0 Å². The van der Waals surface area contributed by atoms with Gasteiger partial charge in [0.15, 0.2) is 11.0 Å². The molecule has 0 saturated heterocycles. The maximum absolute atomic E-state index is 12.2. The Morgan fingerprint density at radius 3 is 2.63 bits per heavy atom. The molecular weight excluding hydrogens is 358 g/mol. The number of carbonyl (C=O) groups excluding carboxylic acids is 1. The van der Waals surface area contributed by atoms with E-state index >= 15 is 0 Å². The average Bonchev–Trinajstić information content (AvgIpc) is 3.03. The van der Waals surface area contributed by atoms with Gasteiger partial charge in [-0.2, -0.15) is 0 Å². The number of aromatic nitrogens is 4. The summed E-state index contributed by atoms with van der Waals surface area (Å²) in [7, 11) is 0. The van der Waals surface area contributed by atoms with Crippen LogP contribution in [-0.4, -0.2) is 31.4 Å². The number of hydrogen-bond donors (Lipinski definition) is 1. The lowest BCUT2D eigenvalue weighted by molar-refractivity contribution is -0.113. The van der Waals surface area contributed by atoms with Gasteiger partial charge in [0.2, 0.25) is 5.91 Å². The van der Waals surface area contributed by atoms with E-state index in [0.29, 0.717) is 11.6 Å². The SMILES string of the molecule is Cc1ccc(-c2nnc(SCC(=O)Nc3cccnc3)n2CC(C)C)cc1. The average molecular weight is 382 g/mol. The fourth-order valence-electron chi connectivity index (χ4n) is 2.61. The summed E-state index contributed by atoms with van der Waals surface area (Å²) >= 11 is 1.39. The molecule has 3 rings (SSSR count). The fraction of sp³-hybridized carbons (Fsp3) is 0.300. The van der Waals surface area contributed by atoms with Crippen LogP contribution in [0, 0.1) is 12.8 Å². The molecule has 1 aromatic carbocycles. The molecule has 0 spiro atoms. The van der Waals surface area contributed by atoms with Gasteiger partial charge in [-0.15, -0.1) is 10.2 Å². The largest absolute Gasteiger partial charge is 0.324 e. The minimum Gasteiger partial charge on any atom is -0.324 e. The Hall–Kier alpha value is -2.67. The Morgan fingerprint density at radius 1 is 1.19 bits per heavy atom. The molecule has 7 heteroatoms. The van der Waals surface area contributed by atoms with Gasteiger partial charge in [-0.1, -0.05) is 55.4 Å². The van der Waals surface area contributed by atoms with E-state index in [4.69, 9.17) is 0 Å². The van der Waals surface area contributed by atoms with Gasteiger partial charge in [0.25, 0.3) is 0 Å². The van der Waals surface area contributed by atoms with Gasteiger partial charge in [-0.05, 0) is 25.0 Å². The van der Waals surface area contributed by atoms with Crippen LogP contribution in [-0.2, 0) is 11.3 Å². The van der Waals surface area contributed by atoms with E-state index in [1.54, 1.807) is 18.5 Å². The summed E-state index contributed by atoms with van der Waals surface area (Å²) in [5, 5.41) is 12.3. The highest BCUT2D eigenvalue weighted by atomic mass is 32.2. The van der Waals surface area contributed by atoms with E-state index in [0.717, 1.165) is 23.1 Å². The predicted molar refractivity (Wildman–Crippen MR) is 109 cm³/mol. The monoisotopic (exact) mass is 381 g/mol. The number of anilines is 1. The van der Waals surface area contributed by atoms with Gasteiger partial charge in [-0.3, -0.25) is 9.78 Å². The lowest BCUT2D eigenvalue weighted by Crippen LogP contribution is -2.15. The first-order valence-electron chi connectivity index (χ1n) is 8.86. The van der Waals surface area contributed by atoms with Gasteiger partial charge in [-0.25, -0.2) is 0 Å². The predicted octanol–water partition coefficient (Wildman–Crippen LogP) is 4.04. The molecule has 0 aliphatic carbocycles. The van der Waals surface area contributed by atoms with Gasteiger partial charge in [0.1, 0.15) is 0 Å². The third kappa shape index (κ3) is 5.17. The number of hydrogen-bond acceptors (Lipinski definition) is 5. The fourth-order valence-corrected chi connectivity index (χ4v) is 3.35. The van der Waals surface area contributed by atoms with Crippen molar-refractivity contribution in [2.24, 2.45) is 5.92 Å². The van der Waals surface area contributed by atoms with Crippen LogP contribution >= 0.6 is 11.8 Å². The van der Waals surface area contributed by atoms with Crippen molar-refractivity contribution in [3.8, 4) is 11.4 Å². The second-order valence-corrected chi connectivity index (χ2v) is 7.70. The van der Waals surface area contributed by atoms with Crippen molar-refractivity contribution in [2.75, 3.05) is 11.1 Å². The Morgan fingerprint density at radius 2 is 1.96 bits per heavy atom. The van der Waals surface area contributed by atoms with E-state index in [1.165, 1.54) is 17.3 Å². The standard InChI is InChI=1S/C20H23N5OS/c1-14(2)12-25-19(16-8-6-15(3)7-9-16)23-24-20(25)27-13-18(26)22-17-5-4-10-21-11-17/h4-11,14H,12-13H2,1-3H3,(H,22,26). The van der Waals surface area contributed by atoms with E-state index < -0.39 is 0 Å². The van der Waals surface area contributed by atoms with Crippen molar-refractivity contribution < 1.29 is 4.79 Å². The molecule has 3 aromatic rings. The molecule has 0 fully saturated rings. The first-order valence-corrected chi connectivity index (χ1v) is 9.84. The van der Waals surface area contributed by atoms with Crippen LogP contribution in [0.3, 0.4) is 0 Å². The highest BCUT2D eigenvalue weighted by Gasteiger charge is 2.16. The third-order valence-corrected chi connectivity index (χ3v) is 4.82. The Kier molecular flexibility index (Phi) is 6.24. The van der Waals surface area contributed by atoms with Crippen LogP contribution in [0.25, 0.3) is 11.4 Å². The molecule has 0 aliphatic heterocycles. The number of rotatable bonds is 7. The highest BCUT2D eigenvalue weighted by molar-refractivity contribution is 7.99. The van der Waals surface area contributed by atoms with E-state index in [9.17, 15) is 4.79 Å². The van der Waals surface area contributed by atoms with Gasteiger partial charge in [0, 0.05) is 18.3 Å². The molecule has 2 heterocycles. The van der Waals surface area contributed by atoms with E-state index in [1.807, 2.05) is 6.07 Å². The summed E-state index contributed by atoms with van der Waals surface area (Å²) in [5.41, 5.74) is 2.92. The molecule has 0 bridgehead atoms. The molecule has 0 saturated carbocycles. The van der Waals surface area contributed by atoms with Gasteiger partial charge in [0.05, 0.1) is 17.6 Å². The number of carbonyl (C=O) groups is 1. The molecule has 0 radical (unpaired) electrons. The molecule has 140 valence electrons. The van der Waals surface area contributed by atoms with Crippen LogP contribution in [0.15, 0.2) is 53.9 Å². The summed E-state index contributed by atoms with van der Waals surface area (Å²) in [5.74, 6) is 1.44. The van der Waals surface area contributed by atoms with Gasteiger partial charge >= 0.3 is 0 Å². The summed E-state index contributed by atoms with van der Waals surface area (Å²) in [6, 6.07) is 11.8. The molecule has 0 aliphatic rings. The summed E-state index contributed by atoms with van der Waals surface area (Å²) in [4.78, 5) is 16.2. The van der Waals surface area contributed by atoms with Crippen molar-refractivity contribution >= 4 is 23.4 Å². The number of amides is 1. The highest BCUT2D eigenvalue weighted by Crippen LogP contribution is 2.25. The zero-order valence-corrected chi connectivity index (χ0v) is 16.5. The van der Waals surface area contributed by atoms with E-state index in [2.05, 4.69) is 70.1 Å². The Labute approximate surface area is 163 Å². The van der Waals surface area contributed by atoms with Crippen molar-refractivity contribution in [2.45, 2.75) is 32.5 Å². The van der Waals surface area contributed by atoms with Crippen LogP contribution < -0.4 is 5.32 Å². The maximum atomic E-state index is 12.2. The van der Waals surface area contributed by atoms with Crippen LogP contribution in [0.4, 0.5) is 5.69 Å². The zero-order valence-electron chi connectivity index (χ0n) is 15.7. The number of nitrogens with zero attached hydrogens (tertiary/aromatic N) is 4. The number of benzene rings is 1. The Balaban J connectivity index is 1.74. The molecule has 6 nitrogen and oxygen atoms in total. The van der Waals surface area contributed by atoms with Crippen LogP contribution in [0.1, 0.15) is 19.4 Å². The smallest absolute Gasteiger partial charge is 0.234 e. The second kappa shape index (κ2) is 8.81. The number of aryl methyl sites for hydroxylation is 1. The van der Waals surface area contributed by atoms with Crippen molar-refractivity contribution in [1.82, 2.24) is 19.7 Å². The molecule has 1 N–H and O–H groups in total. The lowest BCUT2D eigenvalue weighted by atomic mass is 10.1. The molecule has 0 atom stereocenters. The maximum Gasteiger partial charge on any atom is 0.234 e. The normalized spacial score (nSPS) is 11.0. The topological polar surface area (TPSA) is 72.7 Å². The quantitative estimate of drug-likeness (QED) is 0.626. The molecule has 1 amide bonds. The zero-order chi connectivity index (χ0) is 19.2. The third-order valence-electron chi connectivity index (χ3n) is 3.85. The minimum atomic E-state index is -0.0935. The lowest BCUT2D eigenvalue weighted by Gasteiger charge is -2.12. The number of thioether (sulfide) groups is 1. The summed E-state index contributed by atoms with van der Waals surface area (Å²) < 4.78 is 2.09. The minimum absolute atomic E-state index is 0.0935. The first-order chi connectivity index (χ1) is 13.0. The van der Waals surface area contributed by atoms with Crippen LogP contribution in [0.2, 0.25) is 0 Å². The second-order valence-electron chi connectivity index (χ2n) is 6.76. The summed E-state index contributed by atoms with van der Waals surface area (Å²) in [6.45, 7) is 7.17. The number of pyridine rings is 1. The molecule has 2 aromatic heterocycles. The van der Waals surface area contributed by atoms with Crippen molar-refractivity contribution in [1.29, 1.82) is 0 Å². The van der Waals surface area contributed by atoms with Crippen molar-refractivity contribution in [3.05, 3.63) is 54.4 Å². The Bertz CT molecular complexity index is 890. The van der Waals surface area contributed by atoms with E-state index in [-0.39, 0.29) is 11.7 Å². The first kappa shape index (κ1) is 19.1. The molecule has 0 unspecified atom stereocenters.